The van der Waals surface area contributed by atoms with Gasteiger partial charge in [0.25, 0.3) is 11.8 Å². The fourth-order valence-corrected chi connectivity index (χ4v) is 4.30. The highest BCUT2D eigenvalue weighted by Crippen LogP contribution is 2.31. The van der Waals surface area contributed by atoms with E-state index >= 15 is 0 Å². The van der Waals surface area contributed by atoms with E-state index in [9.17, 15) is 14.4 Å². The molecule has 3 rings (SSSR count). The minimum atomic E-state index is -0.964. The third-order valence-corrected chi connectivity index (χ3v) is 5.84. The highest BCUT2D eigenvalue weighted by atomic mass is 35.5. The number of amides is 2. The number of rotatable bonds is 8. The van der Waals surface area contributed by atoms with E-state index < -0.39 is 11.6 Å². The Hall–Kier alpha value is -2.64. The van der Waals surface area contributed by atoms with Crippen LogP contribution in [0.25, 0.3) is 0 Å². The summed E-state index contributed by atoms with van der Waals surface area (Å²) in [6, 6.07) is 7.02. The Balaban J connectivity index is 1.62. The average molecular weight is 478 g/mol. The number of carboxylic acids is 1. The van der Waals surface area contributed by atoms with Crippen LogP contribution in [0.5, 0.6) is 0 Å². The fraction of sp³-hybridized carbons (Fsp3) is 0.391. The largest absolute Gasteiger partial charge is 0.481 e. The van der Waals surface area contributed by atoms with Crippen LogP contribution in [0.15, 0.2) is 52.0 Å². The number of alkyl halides is 1. The zero-order valence-electron chi connectivity index (χ0n) is 17.9. The Labute approximate surface area is 196 Å². The molecule has 0 saturated heterocycles. The first-order chi connectivity index (χ1) is 15.1. The van der Waals surface area contributed by atoms with E-state index in [-0.39, 0.29) is 30.2 Å². The molecule has 1 heterocycles. The lowest BCUT2D eigenvalue weighted by Gasteiger charge is -2.29. The van der Waals surface area contributed by atoms with Gasteiger partial charge in [0.15, 0.2) is 0 Å². The Morgan fingerprint density at radius 2 is 1.97 bits per heavy atom. The van der Waals surface area contributed by atoms with Crippen LogP contribution in [-0.2, 0) is 16.0 Å². The number of benzene rings is 1. The highest BCUT2D eigenvalue weighted by molar-refractivity contribution is 6.48. The Morgan fingerprint density at radius 1 is 1.28 bits per heavy atom. The van der Waals surface area contributed by atoms with Gasteiger partial charge in [0, 0.05) is 35.7 Å². The predicted molar refractivity (Wildman–Crippen MR) is 124 cm³/mol. The number of hydrogen-bond donors (Lipinski definition) is 2. The van der Waals surface area contributed by atoms with E-state index in [1.54, 1.807) is 23.1 Å². The standard InChI is InChI=1S/C23H25Cl2N3O4/c1-23(2)27-20(16-11-17(24)13-18(25)12-16)22(32)28(23)10-8-14-3-5-15(6-4-14)21(31)26-9-7-19(29)30/h3-6,11-12,17H,7-10,13H2,1-2H3,(H,26,31)(H,29,30). The number of aliphatic carboxylic acids is 1. The number of allylic oxidation sites excluding steroid dienone is 3. The van der Waals surface area contributed by atoms with Gasteiger partial charge in [0.1, 0.15) is 11.4 Å². The lowest BCUT2D eigenvalue weighted by atomic mass is 10.0. The highest BCUT2D eigenvalue weighted by Gasteiger charge is 2.40. The molecule has 7 nitrogen and oxygen atoms in total. The molecule has 1 unspecified atom stereocenters. The van der Waals surface area contributed by atoms with Crippen LogP contribution in [0.3, 0.4) is 0 Å². The number of nitrogens with one attached hydrogen (secondary N) is 1. The summed E-state index contributed by atoms with van der Waals surface area (Å²) >= 11 is 12.4. The molecular weight excluding hydrogens is 453 g/mol. The lowest BCUT2D eigenvalue weighted by Crippen LogP contribution is -2.43. The minimum Gasteiger partial charge on any atom is -0.481 e. The van der Waals surface area contributed by atoms with Gasteiger partial charge in [-0.25, -0.2) is 0 Å². The summed E-state index contributed by atoms with van der Waals surface area (Å²) in [4.78, 5) is 42.1. The molecule has 1 aliphatic carbocycles. The van der Waals surface area contributed by atoms with Crippen molar-refractivity contribution in [3.8, 4) is 0 Å². The second-order valence-corrected chi connectivity index (χ2v) is 9.24. The Morgan fingerprint density at radius 3 is 2.59 bits per heavy atom. The van der Waals surface area contributed by atoms with Gasteiger partial charge in [0.05, 0.1) is 11.8 Å². The van der Waals surface area contributed by atoms with Gasteiger partial charge >= 0.3 is 5.97 Å². The van der Waals surface area contributed by atoms with E-state index in [4.69, 9.17) is 28.3 Å². The van der Waals surface area contributed by atoms with Crippen LogP contribution in [0.2, 0.25) is 0 Å². The van der Waals surface area contributed by atoms with E-state index in [1.165, 1.54) is 0 Å². The van der Waals surface area contributed by atoms with Crippen molar-refractivity contribution in [2.24, 2.45) is 4.99 Å². The molecular formula is C23H25Cl2N3O4. The van der Waals surface area contributed by atoms with Crippen LogP contribution >= 0.6 is 23.2 Å². The average Bonchev–Trinajstić information content (AvgIpc) is 2.94. The van der Waals surface area contributed by atoms with Crippen LogP contribution in [0, 0.1) is 0 Å². The summed E-state index contributed by atoms with van der Waals surface area (Å²) in [5, 5.41) is 11.5. The summed E-state index contributed by atoms with van der Waals surface area (Å²) in [7, 11) is 0. The zero-order valence-corrected chi connectivity index (χ0v) is 19.4. The van der Waals surface area contributed by atoms with Gasteiger partial charge in [-0.3, -0.25) is 19.4 Å². The van der Waals surface area contributed by atoms with Gasteiger partial charge < -0.3 is 15.3 Å². The molecule has 170 valence electrons. The smallest absolute Gasteiger partial charge is 0.305 e. The van der Waals surface area contributed by atoms with Crippen LogP contribution in [0.1, 0.15) is 42.6 Å². The lowest BCUT2D eigenvalue weighted by molar-refractivity contribution is -0.136. The summed E-state index contributed by atoms with van der Waals surface area (Å²) in [5.74, 6) is -1.45. The number of nitrogens with zero attached hydrogens (tertiary/aromatic N) is 2. The number of halogens is 2. The van der Waals surface area contributed by atoms with Crippen molar-refractivity contribution in [3.05, 3.63) is 58.1 Å². The summed E-state index contributed by atoms with van der Waals surface area (Å²) in [5.41, 5.74) is 1.74. The molecule has 0 spiro atoms. The third kappa shape index (κ3) is 5.78. The predicted octanol–water partition coefficient (Wildman–Crippen LogP) is 3.51. The molecule has 2 aliphatic rings. The number of aliphatic imine (C=N–C) groups is 1. The van der Waals surface area contributed by atoms with Crippen LogP contribution < -0.4 is 5.32 Å². The Bertz CT molecular complexity index is 1010. The van der Waals surface area contributed by atoms with Crippen molar-refractivity contribution in [2.75, 3.05) is 13.1 Å². The molecule has 0 radical (unpaired) electrons. The van der Waals surface area contributed by atoms with Gasteiger partial charge in [-0.15, -0.1) is 11.6 Å². The first-order valence-electron chi connectivity index (χ1n) is 10.3. The van der Waals surface area contributed by atoms with Crippen molar-refractivity contribution in [3.63, 3.8) is 0 Å². The summed E-state index contributed by atoms with van der Waals surface area (Å²) in [6.07, 6.45) is 4.56. The maximum absolute atomic E-state index is 13.1. The molecule has 32 heavy (non-hydrogen) atoms. The van der Waals surface area contributed by atoms with Crippen molar-refractivity contribution < 1.29 is 19.5 Å². The van der Waals surface area contributed by atoms with Gasteiger partial charge in [0.2, 0.25) is 0 Å². The number of carboxylic acid groups (broad SMARTS) is 1. The molecule has 1 aliphatic heterocycles. The topological polar surface area (TPSA) is 99.1 Å². The zero-order chi connectivity index (χ0) is 23.5. The third-order valence-electron chi connectivity index (χ3n) is 5.29. The van der Waals surface area contributed by atoms with E-state index in [2.05, 4.69) is 10.3 Å². The first-order valence-corrected chi connectivity index (χ1v) is 11.1. The molecule has 2 N–H and O–H groups in total. The van der Waals surface area contributed by atoms with Crippen LogP contribution in [-0.4, -0.2) is 57.6 Å². The number of carbonyl (C=O) groups excluding carboxylic acids is 2. The van der Waals surface area contributed by atoms with Crippen LogP contribution in [0.4, 0.5) is 0 Å². The molecule has 0 fully saturated rings. The van der Waals surface area contributed by atoms with Gasteiger partial charge in [-0.1, -0.05) is 29.8 Å². The van der Waals surface area contributed by atoms with E-state index in [0.717, 1.165) is 5.56 Å². The normalized spacial score (nSPS) is 19.9. The van der Waals surface area contributed by atoms with E-state index in [0.29, 0.717) is 41.3 Å². The monoisotopic (exact) mass is 477 g/mol. The molecule has 1 aromatic rings. The van der Waals surface area contributed by atoms with Gasteiger partial charge in [-0.2, -0.15) is 0 Å². The minimum absolute atomic E-state index is 0.0751. The van der Waals surface area contributed by atoms with Crippen molar-refractivity contribution in [1.29, 1.82) is 0 Å². The summed E-state index contributed by atoms with van der Waals surface area (Å²) in [6.45, 7) is 4.30. The molecule has 9 heteroatoms. The fourth-order valence-electron chi connectivity index (χ4n) is 3.63. The van der Waals surface area contributed by atoms with E-state index in [1.807, 2.05) is 32.1 Å². The van der Waals surface area contributed by atoms with Crippen molar-refractivity contribution >= 4 is 46.7 Å². The number of hydrogen-bond acceptors (Lipinski definition) is 4. The second kappa shape index (κ2) is 9.88. The molecule has 1 atom stereocenters. The van der Waals surface area contributed by atoms with Crippen molar-refractivity contribution in [1.82, 2.24) is 10.2 Å². The molecule has 0 aromatic heterocycles. The van der Waals surface area contributed by atoms with Crippen molar-refractivity contribution in [2.45, 2.75) is 44.1 Å². The SMILES string of the molecule is CC1(C)N=C(C2=CC(Cl)CC(Cl)=C2)C(=O)N1CCc1ccc(C(=O)NCCC(=O)O)cc1. The quantitative estimate of drug-likeness (QED) is 0.559. The Kier molecular flexibility index (Phi) is 7.41. The maximum atomic E-state index is 13.1. The maximum Gasteiger partial charge on any atom is 0.305 e. The molecule has 2 amide bonds. The second-order valence-electron chi connectivity index (χ2n) is 8.19. The molecule has 1 aromatic carbocycles. The first kappa shape index (κ1) is 24.0. The summed E-state index contributed by atoms with van der Waals surface area (Å²) < 4.78 is 0. The molecule has 0 bridgehead atoms. The van der Waals surface area contributed by atoms with Gasteiger partial charge in [-0.05, 0) is 44.0 Å². The number of carbonyl (C=O) groups is 3. The molecule has 0 saturated carbocycles.